The summed E-state index contributed by atoms with van der Waals surface area (Å²) in [4.78, 5) is 58.1. The minimum Gasteiger partial charge on any atom is -0.793 e. The van der Waals surface area contributed by atoms with E-state index in [1.54, 1.807) is 24.8 Å². The molecular weight excluding hydrogens is 1330 g/mol. The molecule has 0 bridgehead atoms. The van der Waals surface area contributed by atoms with Crippen LogP contribution in [-0.4, -0.2) is 113 Å². The Morgan fingerprint density at radius 3 is 0.321 bits per heavy atom. The third-order valence-electron chi connectivity index (χ3n) is 6.31. The van der Waals surface area contributed by atoms with E-state index in [1.165, 1.54) is 0 Å². The summed E-state index contributed by atoms with van der Waals surface area (Å²) in [5.41, 5.74) is -6.95. The van der Waals surface area contributed by atoms with Crippen LogP contribution < -0.4 is 19.2 Å². The van der Waals surface area contributed by atoms with Crippen molar-refractivity contribution in [2.75, 3.05) is 0 Å². The first kappa shape index (κ1) is 89.3. The molecule has 0 saturated carbocycles. The van der Waals surface area contributed by atoms with Crippen molar-refractivity contribution < 1.29 is 103 Å². The van der Waals surface area contributed by atoms with Crippen molar-refractivity contribution in [2.24, 2.45) is 0 Å². The number of pyridine rings is 2. The van der Waals surface area contributed by atoms with Crippen molar-refractivity contribution in [2.45, 2.75) is 316 Å². The second kappa shape index (κ2) is 34.4. The van der Waals surface area contributed by atoms with Gasteiger partial charge < -0.3 is 72.3 Å². The number of rotatable bonds is 12. The summed E-state index contributed by atoms with van der Waals surface area (Å²) in [6.45, 7) is 65.7. The van der Waals surface area contributed by atoms with Gasteiger partial charge in [0.1, 0.15) is 0 Å². The van der Waals surface area contributed by atoms with Crippen molar-refractivity contribution in [1.82, 2.24) is 9.97 Å². The van der Waals surface area contributed by atoms with Gasteiger partial charge in [-0.3, -0.25) is 9.97 Å². The van der Waals surface area contributed by atoms with Crippen LogP contribution in [0.2, 0.25) is 0 Å². The van der Waals surface area contributed by atoms with Crippen LogP contribution in [0.4, 0.5) is 0 Å². The molecule has 0 unspecified atom stereocenters. The summed E-state index contributed by atoms with van der Waals surface area (Å²) in [6, 6.07) is 11.4. The normalized spacial score (nSPS) is 13.9. The van der Waals surface area contributed by atoms with Gasteiger partial charge in [-0.2, -0.15) is 0 Å². The molecule has 18 nitrogen and oxygen atoms in total. The molecule has 0 atom stereocenters. The fourth-order valence-electron chi connectivity index (χ4n) is 5.38. The van der Waals surface area contributed by atoms with E-state index >= 15 is 0 Å². The van der Waals surface area contributed by atoms with E-state index in [1.807, 2.05) is 286 Å². The summed E-state index contributed by atoms with van der Waals surface area (Å²) in [6.07, 6.45) is 7.00. The maximum atomic E-state index is 12.6. The van der Waals surface area contributed by atoms with Crippen molar-refractivity contribution in [3.8, 4) is 0 Å². The largest absolute Gasteiger partial charge is 4.00 e. The Kier molecular flexibility index (Phi) is 37.9. The summed E-state index contributed by atoms with van der Waals surface area (Å²) in [5, 5.41) is 0. The Morgan fingerprint density at radius 2 is 0.284 bits per heavy atom. The van der Waals surface area contributed by atoms with Gasteiger partial charge in [0, 0.05) is 24.8 Å². The molecule has 2 rings (SSSR count). The van der Waals surface area contributed by atoms with Crippen molar-refractivity contribution >= 4 is 36.2 Å². The molecule has 0 radical (unpaired) electrons. The van der Waals surface area contributed by atoms with Gasteiger partial charge in [-0.1, -0.05) is 12.1 Å². The first-order chi connectivity index (χ1) is 34.5. The second-order valence-electron chi connectivity index (χ2n) is 30.6. The predicted molar refractivity (Wildman–Crippen MR) is 322 cm³/mol. The van der Waals surface area contributed by atoms with Gasteiger partial charge in [0.25, 0.3) is 0 Å². The number of hydrogen-bond donors (Lipinski definition) is 0. The zero-order chi connectivity index (χ0) is 65.0. The van der Waals surface area contributed by atoms with Crippen LogP contribution in [0.25, 0.3) is 0 Å². The SMILES string of the molecule is CC(C)(C)O[Si]([O-])(OC(C)(C)C)OC(C)(C)C.CC(C)(C)O[Si]([O-])(OC(C)(C)C)OC(C)(C)C.CC(C)(C)O[Si]([O-])(OC(C)(C)C)OC(C)(C)C.CC(C)(C)O[Si]([O-])(OC(C)(C)C)OC(C)(C)C.[U+4].c1ccncc1.c1ccncc1. The van der Waals surface area contributed by atoms with Crippen molar-refractivity contribution in [3.63, 3.8) is 0 Å². The Labute approximate surface area is 523 Å². The number of nitrogens with zero attached hydrogens (tertiary/aromatic N) is 2. The summed E-state index contributed by atoms with van der Waals surface area (Å²) in [5.74, 6) is 0. The molecule has 2 aromatic heterocycles. The van der Waals surface area contributed by atoms with Crippen LogP contribution in [0.15, 0.2) is 61.2 Å². The van der Waals surface area contributed by atoms with E-state index in [-0.39, 0.29) is 31.1 Å². The Morgan fingerprint density at radius 1 is 0.198 bits per heavy atom. The van der Waals surface area contributed by atoms with E-state index in [9.17, 15) is 19.2 Å². The standard InChI is InChI=1S/4C12H27O4Si.2C5H5N.U/c4*1-10(2,3)14-17(13,15-11(4,5)6)16-12(7,8)9;2*1-2-4-6-5-3-1;/h4*1-9H3;2*1-5H;/q4*-1;;;+4. The van der Waals surface area contributed by atoms with E-state index in [2.05, 4.69) is 9.97 Å². The predicted octanol–water partition coefficient (Wildman–Crippen LogP) is 11.1. The molecule has 0 saturated heterocycles. The minimum absolute atomic E-state index is 0. The summed E-state index contributed by atoms with van der Waals surface area (Å²) < 4.78 is 66.2. The molecule has 23 heteroatoms. The molecule has 0 aliphatic rings. The van der Waals surface area contributed by atoms with E-state index in [0.29, 0.717) is 0 Å². The van der Waals surface area contributed by atoms with Gasteiger partial charge >= 0.3 is 67.3 Å². The monoisotopic (exact) mass is 1450 g/mol. The van der Waals surface area contributed by atoms with E-state index in [4.69, 9.17) is 53.1 Å². The first-order valence-electron chi connectivity index (χ1n) is 27.4. The molecule has 2 heterocycles. The molecular formula is C58H118N2O16Si4U. The summed E-state index contributed by atoms with van der Waals surface area (Å²) >= 11 is 0. The van der Waals surface area contributed by atoms with E-state index in [0.717, 1.165) is 0 Å². The fourth-order valence-corrected chi connectivity index (χ4v) is 14.9. The maximum Gasteiger partial charge on any atom is 4.00 e. The van der Waals surface area contributed by atoms with Gasteiger partial charge in [-0.25, -0.2) is 0 Å². The third kappa shape index (κ3) is 68.6. The van der Waals surface area contributed by atoms with Crippen LogP contribution in [0.1, 0.15) is 249 Å². The van der Waals surface area contributed by atoms with Gasteiger partial charge in [0.05, 0.1) is 67.2 Å². The van der Waals surface area contributed by atoms with Gasteiger partial charge in [0.15, 0.2) is 0 Å². The first-order valence-corrected chi connectivity index (χ1v) is 33.9. The average molecular weight is 1450 g/mol. The Bertz CT molecular complexity index is 1450. The maximum absolute atomic E-state index is 12.6. The molecule has 2 aromatic rings. The van der Waals surface area contributed by atoms with Crippen LogP contribution in [0.5, 0.6) is 0 Å². The van der Waals surface area contributed by atoms with Crippen LogP contribution in [0.3, 0.4) is 0 Å². The molecule has 0 spiro atoms. The fraction of sp³-hybridized carbons (Fsp3) is 0.828. The summed E-state index contributed by atoms with van der Waals surface area (Å²) in [7, 11) is -15.6. The van der Waals surface area contributed by atoms with Crippen molar-refractivity contribution in [3.05, 3.63) is 61.2 Å². The molecule has 81 heavy (non-hydrogen) atoms. The third-order valence-corrected chi connectivity index (χ3v) is 16.7. The Hall–Kier alpha value is -0.421. The van der Waals surface area contributed by atoms with Crippen LogP contribution in [0, 0.1) is 31.1 Å². The molecule has 0 aromatic carbocycles. The topological polar surface area (TPSA) is 229 Å². The molecule has 0 aliphatic heterocycles. The van der Waals surface area contributed by atoms with Crippen LogP contribution >= 0.6 is 0 Å². The zero-order valence-corrected chi connectivity index (χ0v) is 65.9. The van der Waals surface area contributed by atoms with Crippen molar-refractivity contribution in [1.29, 1.82) is 0 Å². The molecule has 0 fully saturated rings. The zero-order valence-electron chi connectivity index (χ0n) is 57.7. The quantitative estimate of drug-likeness (QED) is 0.180. The van der Waals surface area contributed by atoms with Gasteiger partial charge in [0.2, 0.25) is 0 Å². The van der Waals surface area contributed by atoms with Gasteiger partial charge in [-0.05, 0) is 274 Å². The van der Waals surface area contributed by atoms with Gasteiger partial charge in [-0.15, -0.1) is 0 Å². The van der Waals surface area contributed by atoms with E-state index < -0.39 is 103 Å². The molecule has 0 amide bonds. The van der Waals surface area contributed by atoms with Crippen LogP contribution in [-0.2, 0) is 53.1 Å². The average Bonchev–Trinajstić information content (AvgIpc) is 3.03. The smallest absolute Gasteiger partial charge is 0.793 e. The minimum atomic E-state index is -3.91. The Balaban J connectivity index is -0.000000294. The molecule has 476 valence electrons. The number of hydrogen-bond acceptors (Lipinski definition) is 18. The number of aromatic nitrogens is 2. The molecule has 0 aliphatic carbocycles. The molecule has 0 N–H and O–H groups in total. The second-order valence-corrected chi connectivity index (χ2v) is 37.1.